The Hall–Kier alpha value is -2.84. The Morgan fingerprint density at radius 1 is 1.27 bits per heavy atom. The molecule has 7 rings (SSSR count). The SMILES string of the molecule is CC(CC(=O)Cn1cnnn1)[C@H]1C(=O)N2C(C(=O)O)=C(SC3CN[C@H](C(=O)N4CC5CC6CC5(CN6)C4)C3)C(C)[C@H]12. The molecule has 2 bridgehead atoms. The maximum Gasteiger partial charge on any atom is 0.353 e. The van der Waals surface area contributed by atoms with Crippen molar-refractivity contribution in [1.82, 2.24) is 40.6 Å². The second-order valence-corrected chi connectivity index (χ2v) is 14.3. The van der Waals surface area contributed by atoms with Gasteiger partial charge >= 0.3 is 5.97 Å². The van der Waals surface area contributed by atoms with Crippen molar-refractivity contribution in [2.45, 2.75) is 69.5 Å². The summed E-state index contributed by atoms with van der Waals surface area (Å²) in [6.07, 6.45) is 4.52. The minimum Gasteiger partial charge on any atom is -0.477 e. The van der Waals surface area contributed by atoms with Gasteiger partial charge in [0.1, 0.15) is 18.6 Å². The van der Waals surface area contributed by atoms with E-state index in [1.807, 2.05) is 13.8 Å². The van der Waals surface area contributed by atoms with Gasteiger partial charge in [-0.1, -0.05) is 13.8 Å². The van der Waals surface area contributed by atoms with E-state index in [0.29, 0.717) is 29.8 Å². The number of Topliss-reactive ketones (excluding diaryl/α,β-unsaturated/α-hetero) is 1. The van der Waals surface area contributed by atoms with Gasteiger partial charge < -0.3 is 25.5 Å². The Morgan fingerprint density at radius 2 is 2.10 bits per heavy atom. The van der Waals surface area contributed by atoms with Gasteiger partial charge in [0.25, 0.3) is 0 Å². The zero-order valence-electron chi connectivity index (χ0n) is 23.2. The third-order valence-corrected chi connectivity index (χ3v) is 12.0. The Kier molecular flexibility index (Phi) is 6.51. The van der Waals surface area contributed by atoms with Crippen LogP contribution in [0.4, 0.5) is 0 Å². The number of aliphatic carboxylic acids is 1. The van der Waals surface area contributed by atoms with E-state index in [9.17, 15) is 24.3 Å². The lowest BCUT2D eigenvalue weighted by molar-refractivity contribution is -0.160. The monoisotopic (exact) mass is 584 g/mol. The van der Waals surface area contributed by atoms with E-state index in [-0.39, 0.29) is 70.8 Å². The summed E-state index contributed by atoms with van der Waals surface area (Å²) in [6, 6.07) is 0.0628. The number of nitrogens with one attached hydrogen (secondary N) is 2. The molecule has 0 radical (unpaired) electrons. The van der Waals surface area contributed by atoms with Gasteiger partial charge in [0.05, 0.1) is 18.0 Å². The number of rotatable bonds is 9. The number of ketones is 1. The molecule has 13 nitrogen and oxygen atoms in total. The van der Waals surface area contributed by atoms with Gasteiger partial charge in [0.2, 0.25) is 11.8 Å². The second-order valence-electron chi connectivity index (χ2n) is 13.0. The number of tetrazole rings is 1. The molecule has 4 saturated heterocycles. The first-order valence-corrected chi connectivity index (χ1v) is 15.5. The fraction of sp³-hybridized carbons (Fsp3) is 0.741. The molecular weight excluding hydrogens is 548 g/mol. The van der Waals surface area contributed by atoms with E-state index < -0.39 is 11.9 Å². The number of fused-ring (bicyclic) bond motifs is 2. The number of amides is 2. The number of carboxylic acid groups (broad SMARTS) is 1. The normalized spacial score (nSPS) is 37.9. The molecule has 1 aliphatic carbocycles. The van der Waals surface area contributed by atoms with Gasteiger partial charge in [-0.25, -0.2) is 9.48 Å². The van der Waals surface area contributed by atoms with Crippen LogP contribution in [0.3, 0.4) is 0 Å². The Labute approximate surface area is 241 Å². The van der Waals surface area contributed by atoms with E-state index in [1.54, 1.807) is 0 Å². The van der Waals surface area contributed by atoms with Crippen LogP contribution in [0.15, 0.2) is 16.9 Å². The first-order valence-electron chi connectivity index (χ1n) is 14.6. The summed E-state index contributed by atoms with van der Waals surface area (Å²) in [6.45, 7) is 7.18. The number of piperidine rings is 1. The summed E-state index contributed by atoms with van der Waals surface area (Å²) < 4.78 is 1.35. The number of β-lactam (4-membered cyclic amide) rings is 1. The number of likely N-dealkylation sites (tertiary alicyclic amines) is 1. The second kappa shape index (κ2) is 9.87. The van der Waals surface area contributed by atoms with Crippen LogP contribution in [0.5, 0.6) is 0 Å². The maximum atomic E-state index is 13.5. The molecule has 14 heteroatoms. The van der Waals surface area contributed by atoms with E-state index in [0.717, 1.165) is 26.1 Å². The van der Waals surface area contributed by atoms with Gasteiger partial charge in [-0.2, -0.15) is 0 Å². The van der Waals surface area contributed by atoms with Crippen LogP contribution in [0.25, 0.3) is 0 Å². The van der Waals surface area contributed by atoms with Gasteiger partial charge in [-0.05, 0) is 41.5 Å². The van der Waals surface area contributed by atoms with E-state index >= 15 is 0 Å². The predicted octanol–water partition coefficient (Wildman–Crippen LogP) is -0.285. The lowest BCUT2D eigenvalue weighted by Gasteiger charge is -2.47. The molecule has 1 spiro atoms. The number of thioether (sulfide) groups is 1. The molecule has 5 fully saturated rings. The standard InChI is InChI=1S/C27H36N8O5S/c1-13(3-17(36)9-34-12-30-31-32-34)20-21-14(2)23(22(26(39)40)35(21)25(20)38)41-18-5-19(28-7-18)24(37)33-8-15-4-16-6-27(15,11-33)10-29-16/h12-16,18-21,28-29H,3-11H2,1-2H3,(H,39,40)/t13?,14?,15?,16?,18?,19-,20+,21+,27?/m0/s1. The van der Waals surface area contributed by atoms with Crippen molar-refractivity contribution in [2.75, 3.05) is 26.2 Å². The molecule has 3 N–H and O–H groups in total. The Balaban J connectivity index is 0.989. The highest BCUT2D eigenvalue weighted by Gasteiger charge is 2.61. The van der Waals surface area contributed by atoms with Crippen molar-refractivity contribution in [3.05, 3.63) is 16.9 Å². The summed E-state index contributed by atoms with van der Waals surface area (Å²) in [5.74, 6) is -1.51. The van der Waals surface area contributed by atoms with Crippen molar-refractivity contribution < 1.29 is 24.3 Å². The zero-order valence-corrected chi connectivity index (χ0v) is 24.0. The van der Waals surface area contributed by atoms with Crippen LogP contribution in [0.1, 0.15) is 39.5 Å². The highest BCUT2D eigenvalue weighted by molar-refractivity contribution is 8.03. The average molecular weight is 585 g/mol. The molecule has 2 amide bonds. The summed E-state index contributed by atoms with van der Waals surface area (Å²) >= 11 is 1.50. The number of hydrogen-bond acceptors (Lipinski definition) is 10. The number of hydrogen-bond donors (Lipinski definition) is 3. The smallest absolute Gasteiger partial charge is 0.353 e. The molecule has 9 atom stereocenters. The lowest BCUT2D eigenvalue weighted by Crippen LogP contribution is -2.62. The summed E-state index contributed by atoms with van der Waals surface area (Å²) in [5.41, 5.74) is 0.310. The van der Waals surface area contributed by atoms with Crippen LogP contribution < -0.4 is 10.6 Å². The fourth-order valence-corrected chi connectivity index (χ4v) is 10.1. The van der Waals surface area contributed by atoms with Gasteiger partial charge in [0, 0.05) is 60.1 Å². The molecule has 1 aromatic heterocycles. The third kappa shape index (κ3) is 4.32. The Bertz CT molecular complexity index is 1320. The van der Waals surface area contributed by atoms with Crippen LogP contribution in [0.2, 0.25) is 0 Å². The highest BCUT2D eigenvalue weighted by Crippen LogP contribution is 2.54. The molecule has 5 aliphatic heterocycles. The average Bonchev–Trinajstić information content (AvgIpc) is 3.75. The maximum absolute atomic E-state index is 13.5. The quantitative estimate of drug-likeness (QED) is 0.327. The van der Waals surface area contributed by atoms with Crippen molar-refractivity contribution in [1.29, 1.82) is 0 Å². The number of carbonyl (C=O) groups excluding carboxylic acids is 3. The van der Waals surface area contributed by atoms with Crippen molar-refractivity contribution >= 4 is 35.3 Å². The van der Waals surface area contributed by atoms with E-state index in [1.165, 1.54) is 34.1 Å². The molecule has 220 valence electrons. The summed E-state index contributed by atoms with van der Waals surface area (Å²) in [5, 5.41) is 28.0. The zero-order chi connectivity index (χ0) is 28.6. The minimum absolute atomic E-state index is 0.0347. The molecule has 6 aliphatic rings. The number of carbonyl (C=O) groups is 4. The van der Waals surface area contributed by atoms with Crippen molar-refractivity contribution in [3.63, 3.8) is 0 Å². The first-order chi connectivity index (χ1) is 19.6. The highest BCUT2D eigenvalue weighted by atomic mass is 32.2. The molecule has 1 saturated carbocycles. The van der Waals surface area contributed by atoms with Gasteiger partial charge in [-0.3, -0.25) is 14.4 Å². The molecule has 6 heterocycles. The third-order valence-electron chi connectivity index (χ3n) is 10.5. The molecule has 0 aromatic carbocycles. The fourth-order valence-electron chi connectivity index (χ4n) is 8.58. The summed E-state index contributed by atoms with van der Waals surface area (Å²) in [7, 11) is 0. The molecule has 6 unspecified atom stereocenters. The van der Waals surface area contributed by atoms with E-state index in [2.05, 4.69) is 31.1 Å². The van der Waals surface area contributed by atoms with Crippen LogP contribution in [-0.2, 0) is 25.7 Å². The van der Waals surface area contributed by atoms with Crippen molar-refractivity contribution in [3.8, 4) is 0 Å². The largest absolute Gasteiger partial charge is 0.477 e. The van der Waals surface area contributed by atoms with Gasteiger partial charge in [-0.15, -0.1) is 16.9 Å². The molecular formula is C27H36N8O5S. The first kappa shape index (κ1) is 27.0. The van der Waals surface area contributed by atoms with Crippen LogP contribution >= 0.6 is 11.8 Å². The predicted molar refractivity (Wildman–Crippen MR) is 146 cm³/mol. The topological polar surface area (TPSA) is 163 Å². The van der Waals surface area contributed by atoms with E-state index in [4.69, 9.17) is 0 Å². The Morgan fingerprint density at radius 3 is 2.80 bits per heavy atom. The van der Waals surface area contributed by atoms with Gasteiger partial charge in [0.15, 0.2) is 5.78 Å². The summed E-state index contributed by atoms with van der Waals surface area (Å²) in [4.78, 5) is 55.9. The molecule has 1 aromatic rings. The number of carboxylic acids is 1. The van der Waals surface area contributed by atoms with Crippen LogP contribution in [0, 0.1) is 29.1 Å². The van der Waals surface area contributed by atoms with Crippen molar-refractivity contribution in [2.24, 2.45) is 29.1 Å². The number of nitrogens with zero attached hydrogens (tertiary/aromatic N) is 6. The number of aromatic nitrogens is 4. The van der Waals surface area contributed by atoms with Crippen LogP contribution in [-0.4, -0.2) is 108 Å². The minimum atomic E-state index is -1.11. The molecule has 41 heavy (non-hydrogen) atoms. The lowest BCUT2D eigenvalue weighted by atomic mass is 9.73.